The van der Waals surface area contributed by atoms with Gasteiger partial charge in [0.1, 0.15) is 16.7 Å². The van der Waals surface area contributed by atoms with Crippen LogP contribution in [0.15, 0.2) is 23.1 Å². The lowest BCUT2D eigenvalue weighted by atomic mass is 10.1. The second-order valence-corrected chi connectivity index (χ2v) is 7.18. The van der Waals surface area contributed by atoms with Crippen LogP contribution < -0.4 is 9.46 Å². The number of aliphatic carboxylic acids is 1. The Kier molecular flexibility index (Phi) is 6.73. The van der Waals surface area contributed by atoms with E-state index in [9.17, 15) is 23.1 Å². The molecule has 0 unspecified atom stereocenters. The average molecular weight is 359 g/mol. The van der Waals surface area contributed by atoms with Crippen molar-refractivity contribution in [3.05, 3.63) is 23.8 Å². The first-order valence-corrected chi connectivity index (χ1v) is 8.62. The maximum atomic E-state index is 12.6. The number of sulfonamides is 1. The van der Waals surface area contributed by atoms with Gasteiger partial charge in [0.2, 0.25) is 10.0 Å². The summed E-state index contributed by atoms with van der Waals surface area (Å²) in [5.74, 6) is -2.04. The monoisotopic (exact) mass is 359 g/mol. The fourth-order valence-electron chi connectivity index (χ4n) is 2.05. The van der Waals surface area contributed by atoms with E-state index in [1.807, 2.05) is 0 Å². The van der Waals surface area contributed by atoms with Gasteiger partial charge in [-0.3, -0.25) is 4.79 Å². The molecule has 1 rings (SSSR count). The molecule has 0 saturated heterocycles. The van der Waals surface area contributed by atoms with Crippen LogP contribution in [0.25, 0.3) is 0 Å². The predicted octanol–water partition coefficient (Wildman–Crippen LogP) is 1.26. The van der Waals surface area contributed by atoms with Crippen molar-refractivity contribution in [2.24, 2.45) is 5.92 Å². The molecule has 24 heavy (non-hydrogen) atoms. The first kappa shape index (κ1) is 19.9. The molecule has 134 valence electrons. The largest absolute Gasteiger partial charge is 0.495 e. The summed E-state index contributed by atoms with van der Waals surface area (Å²) in [4.78, 5) is 22.6. The molecule has 0 heterocycles. The number of carboxylic acids is 1. The van der Waals surface area contributed by atoms with E-state index in [1.165, 1.54) is 26.4 Å². The average Bonchev–Trinajstić information content (AvgIpc) is 2.52. The van der Waals surface area contributed by atoms with Gasteiger partial charge in [-0.15, -0.1) is 0 Å². The van der Waals surface area contributed by atoms with Crippen LogP contribution in [0.5, 0.6) is 5.75 Å². The third kappa shape index (κ3) is 4.93. The number of hydrogen-bond acceptors (Lipinski definition) is 6. The van der Waals surface area contributed by atoms with Crippen LogP contribution in [-0.4, -0.2) is 45.7 Å². The molecule has 0 aromatic heterocycles. The van der Waals surface area contributed by atoms with Gasteiger partial charge < -0.3 is 14.6 Å². The zero-order chi connectivity index (χ0) is 18.5. The molecule has 9 heteroatoms. The molecule has 8 nitrogen and oxygen atoms in total. The molecule has 0 amide bonds. The molecule has 0 aliphatic heterocycles. The van der Waals surface area contributed by atoms with Gasteiger partial charge >= 0.3 is 11.9 Å². The van der Waals surface area contributed by atoms with E-state index in [4.69, 9.17) is 4.74 Å². The van der Waals surface area contributed by atoms with Crippen LogP contribution in [0.2, 0.25) is 0 Å². The first-order valence-electron chi connectivity index (χ1n) is 7.13. The molecule has 1 aromatic rings. The Morgan fingerprint density at radius 3 is 2.33 bits per heavy atom. The van der Waals surface area contributed by atoms with Gasteiger partial charge in [0.15, 0.2) is 0 Å². The van der Waals surface area contributed by atoms with Gasteiger partial charge in [0.05, 0.1) is 19.8 Å². The maximum Gasteiger partial charge on any atom is 0.337 e. The topological polar surface area (TPSA) is 119 Å². The number of carbonyl (C=O) groups is 2. The molecule has 0 radical (unpaired) electrons. The SMILES string of the molecule is COC(=O)c1ccc(OC)c(S(=O)(=O)N[C@@H](CC(C)C)C(=O)O)c1. The van der Waals surface area contributed by atoms with Crippen molar-refractivity contribution in [3.8, 4) is 5.75 Å². The molecule has 0 spiro atoms. The van der Waals surface area contributed by atoms with Crippen molar-refractivity contribution < 1.29 is 32.6 Å². The van der Waals surface area contributed by atoms with Gasteiger partial charge in [0.25, 0.3) is 0 Å². The number of benzene rings is 1. The molecule has 0 aliphatic carbocycles. The Balaban J connectivity index is 3.29. The van der Waals surface area contributed by atoms with E-state index >= 15 is 0 Å². The molecule has 0 fully saturated rings. The minimum absolute atomic E-state index is 0.00871. The van der Waals surface area contributed by atoms with Gasteiger partial charge in [0, 0.05) is 0 Å². The van der Waals surface area contributed by atoms with Crippen LogP contribution >= 0.6 is 0 Å². The van der Waals surface area contributed by atoms with Crippen LogP contribution in [-0.2, 0) is 19.6 Å². The second-order valence-electron chi connectivity index (χ2n) is 5.50. The highest BCUT2D eigenvalue weighted by atomic mass is 32.2. The molecule has 0 aliphatic rings. The number of rotatable bonds is 8. The molecular weight excluding hydrogens is 338 g/mol. The van der Waals surface area contributed by atoms with Crippen LogP contribution in [0.3, 0.4) is 0 Å². The van der Waals surface area contributed by atoms with Crippen molar-refractivity contribution in [1.82, 2.24) is 4.72 Å². The summed E-state index contributed by atoms with van der Waals surface area (Å²) in [7, 11) is -1.78. The Morgan fingerprint density at radius 1 is 1.25 bits per heavy atom. The molecule has 1 aromatic carbocycles. The van der Waals surface area contributed by atoms with Crippen molar-refractivity contribution >= 4 is 22.0 Å². The number of methoxy groups -OCH3 is 2. The minimum atomic E-state index is -4.22. The number of esters is 1. The lowest BCUT2D eigenvalue weighted by Crippen LogP contribution is -2.41. The van der Waals surface area contributed by atoms with Gasteiger partial charge in [-0.2, -0.15) is 4.72 Å². The summed E-state index contributed by atoms with van der Waals surface area (Å²) in [6.45, 7) is 3.56. The summed E-state index contributed by atoms with van der Waals surface area (Å²) < 4.78 is 36.8. The summed E-state index contributed by atoms with van der Waals surface area (Å²) >= 11 is 0. The molecule has 2 N–H and O–H groups in total. The highest BCUT2D eigenvalue weighted by molar-refractivity contribution is 7.89. The summed E-state index contributed by atoms with van der Waals surface area (Å²) in [5.41, 5.74) is 0.00871. The Morgan fingerprint density at radius 2 is 1.88 bits per heavy atom. The van der Waals surface area contributed by atoms with Crippen LogP contribution in [0.4, 0.5) is 0 Å². The number of carbonyl (C=O) groups excluding carboxylic acids is 1. The number of nitrogens with one attached hydrogen (secondary N) is 1. The lowest BCUT2D eigenvalue weighted by molar-refractivity contribution is -0.139. The van der Waals surface area contributed by atoms with E-state index in [0.717, 1.165) is 6.07 Å². The highest BCUT2D eigenvalue weighted by Crippen LogP contribution is 2.26. The third-order valence-corrected chi connectivity index (χ3v) is 4.67. The summed E-state index contributed by atoms with van der Waals surface area (Å²) in [6, 6.07) is 2.45. The molecule has 0 bridgehead atoms. The van der Waals surface area contributed by atoms with Gasteiger partial charge in [-0.05, 0) is 30.5 Å². The predicted molar refractivity (Wildman–Crippen MR) is 85.5 cm³/mol. The Bertz CT molecular complexity index is 713. The molecule has 0 saturated carbocycles. The lowest BCUT2D eigenvalue weighted by Gasteiger charge is -2.18. The van der Waals surface area contributed by atoms with Crippen molar-refractivity contribution in [2.45, 2.75) is 31.2 Å². The quantitative estimate of drug-likeness (QED) is 0.671. The number of hydrogen-bond donors (Lipinski definition) is 2. The zero-order valence-corrected chi connectivity index (χ0v) is 14.7. The van der Waals surface area contributed by atoms with E-state index < -0.39 is 28.0 Å². The second kappa shape index (κ2) is 8.11. The van der Waals surface area contributed by atoms with E-state index in [1.54, 1.807) is 13.8 Å². The van der Waals surface area contributed by atoms with Gasteiger partial charge in [-0.1, -0.05) is 13.8 Å². The Hall–Kier alpha value is -2.13. The molecule has 1 atom stereocenters. The summed E-state index contributed by atoms with van der Waals surface area (Å²) in [6.07, 6.45) is 0.119. The summed E-state index contributed by atoms with van der Waals surface area (Å²) in [5, 5.41) is 9.21. The van der Waals surface area contributed by atoms with E-state index in [2.05, 4.69) is 9.46 Å². The van der Waals surface area contributed by atoms with Crippen molar-refractivity contribution in [2.75, 3.05) is 14.2 Å². The minimum Gasteiger partial charge on any atom is -0.495 e. The number of ether oxygens (including phenoxy) is 2. The fourth-order valence-corrected chi connectivity index (χ4v) is 3.45. The van der Waals surface area contributed by atoms with Crippen LogP contribution in [0.1, 0.15) is 30.6 Å². The van der Waals surface area contributed by atoms with Crippen LogP contribution in [0, 0.1) is 5.92 Å². The van der Waals surface area contributed by atoms with E-state index in [0.29, 0.717) is 0 Å². The third-order valence-electron chi connectivity index (χ3n) is 3.18. The van der Waals surface area contributed by atoms with Crippen molar-refractivity contribution in [1.29, 1.82) is 0 Å². The Labute approximate surface area is 140 Å². The number of carboxylic acid groups (broad SMARTS) is 1. The first-order chi connectivity index (χ1) is 11.1. The zero-order valence-electron chi connectivity index (χ0n) is 13.9. The van der Waals surface area contributed by atoms with E-state index in [-0.39, 0.29) is 28.5 Å². The van der Waals surface area contributed by atoms with Gasteiger partial charge in [-0.25, -0.2) is 13.2 Å². The standard InChI is InChI=1S/C15H21NO7S/c1-9(2)7-11(14(17)18)16-24(20,21)13-8-10(15(19)23-4)5-6-12(13)22-3/h5-6,8-9,11,16H,7H2,1-4H3,(H,17,18)/t11-/m0/s1. The van der Waals surface area contributed by atoms with Crippen molar-refractivity contribution in [3.63, 3.8) is 0 Å². The highest BCUT2D eigenvalue weighted by Gasteiger charge is 2.29. The maximum absolute atomic E-state index is 12.6. The molecular formula is C15H21NO7S. The smallest absolute Gasteiger partial charge is 0.337 e. The normalized spacial score (nSPS) is 12.7. The fraction of sp³-hybridized carbons (Fsp3) is 0.467.